The van der Waals surface area contributed by atoms with E-state index in [1.807, 2.05) is 0 Å². The van der Waals surface area contributed by atoms with Gasteiger partial charge in [-0.3, -0.25) is 14.9 Å². The molecule has 2 heterocycles. The van der Waals surface area contributed by atoms with Crippen LogP contribution in [-0.2, 0) is 12.8 Å². The molecule has 1 aliphatic carbocycles. The largest absolute Gasteiger partial charge is 0.490 e. The van der Waals surface area contributed by atoms with Crippen molar-refractivity contribution in [1.29, 1.82) is 0 Å². The topological polar surface area (TPSA) is 93.5 Å². The monoisotopic (exact) mass is 373 g/mol. The predicted molar refractivity (Wildman–Crippen MR) is 99.0 cm³/mol. The maximum absolute atomic E-state index is 12.7. The molecule has 1 aliphatic heterocycles. The summed E-state index contributed by atoms with van der Waals surface area (Å²) < 4.78 is 5.04. The van der Waals surface area contributed by atoms with Crippen molar-refractivity contribution in [1.82, 2.24) is 5.32 Å². The quantitative estimate of drug-likeness (QED) is 0.633. The van der Waals surface area contributed by atoms with Crippen LogP contribution in [0.4, 0.5) is 10.7 Å². The molecule has 26 heavy (non-hydrogen) atoms. The number of carbonyl (C=O) groups is 1. The lowest BCUT2D eigenvalue weighted by molar-refractivity contribution is -0.385. The molecule has 2 aliphatic rings. The molecule has 0 saturated carbocycles. The van der Waals surface area contributed by atoms with Crippen molar-refractivity contribution < 1.29 is 14.5 Å². The number of anilines is 1. The number of nitro benzene ring substituents is 1. The maximum Gasteiger partial charge on any atom is 0.311 e. The summed E-state index contributed by atoms with van der Waals surface area (Å²) >= 11 is 1.63. The van der Waals surface area contributed by atoms with E-state index < -0.39 is 11.1 Å². The van der Waals surface area contributed by atoms with Gasteiger partial charge in [0.15, 0.2) is 5.75 Å². The Labute approximate surface area is 154 Å². The zero-order valence-electron chi connectivity index (χ0n) is 14.5. The molecule has 1 aromatic carbocycles. The van der Waals surface area contributed by atoms with Crippen LogP contribution in [0.25, 0.3) is 0 Å². The molecular weight excluding hydrogens is 354 g/mol. The molecule has 2 N–H and O–H groups in total. The van der Waals surface area contributed by atoms with Gasteiger partial charge in [-0.05, 0) is 36.8 Å². The predicted octanol–water partition coefficient (Wildman–Crippen LogP) is 3.64. The summed E-state index contributed by atoms with van der Waals surface area (Å²) in [6.07, 6.45) is 2.52. The van der Waals surface area contributed by atoms with Gasteiger partial charge in [0, 0.05) is 16.5 Å². The van der Waals surface area contributed by atoms with E-state index in [2.05, 4.69) is 17.6 Å². The fourth-order valence-corrected chi connectivity index (χ4v) is 5.10. The Morgan fingerprint density at radius 3 is 2.88 bits per heavy atom. The molecule has 0 saturated heterocycles. The van der Waals surface area contributed by atoms with Crippen LogP contribution in [0.1, 0.15) is 45.9 Å². The van der Waals surface area contributed by atoms with Crippen molar-refractivity contribution in [3.63, 3.8) is 0 Å². The number of hydrogen-bond donors (Lipinski definition) is 2. The van der Waals surface area contributed by atoms with Gasteiger partial charge in [0.05, 0.1) is 17.6 Å². The summed E-state index contributed by atoms with van der Waals surface area (Å²) in [5.41, 5.74) is 2.41. The van der Waals surface area contributed by atoms with Crippen molar-refractivity contribution in [3.8, 4) is 5.75 Å². The van der Waals surface area contributed by atoms with E-state index in [1.165, 1.54) is 18.1 Å². The Morgan fingerprint density at radius 2 is 2.15 bits per heavy atom. The van der Waals surface area contributed by atoms with Gasteiger partial charge in [0.1, 0.15) is 11.2 Å². The molecule has 0 fully saturated rings. The molecule has 8 heteroatoms. The number of carbonyl (C=O) groups excluding carboxylic acids is 1. The molecule has 136 valence electrons. The van der Waals surface area contributed by atoms with Gasteiger partial charge in [0.2, 0.25) is 0 Å². The number of nitro groups is 1. The molecule has 4 rings (SSSR count). The number of methoxy groups -OCH3 is 1. The number of nitrogens with zero attached hydrogens (tertiary/aromatic N) is 1. The lowest BCUT2D eigenvalue weighted by Gasteiger charge is -2.27. The van der Waals surface area contributed by atoms with Crippen LogP contribution in [0.2, 0.25) is 0 Å². The number of fused-ring (bicyclic) bond motifs is 3. The van der Waals surface area contributed by atoms with Gasteiger partial charge in [-0.2, -0.15) is 0 Å². The Hall–Kier alpha value is -2.61. The van der Waals surface area contributed by atoms with Crippen molar-refractivity contribution in [2.45, 2.75) is 32.4 Å². The first-order valence-electron chi connectivity index (χ1n) is 8.52. The number of benzene rings is 1. The van der Waals surface area contributed by atoms with Crippen LogP contribution in [-0.4, -0.2) is 17.9 Å². The minimum absolute atomic E-state index is 0.116. The highest BCUT2D eigenvalue weighted by Crippen LogP contribution is 2.43. The van der Waals surface area contributed by atoms with Crippen molar-refractivity contribution in [2.75, 3.05) is 12.4 Å². The highest BCUT2D eigenvalue weighted by molar-refractivity contribution is 7.16. The minimum atomic E-state index is -0.503. The van der Waals surface area contributed by atoms with Gasteiger partial charge in [-0.25, -0.2) is 0 Å². The van der Waals surface area contributed by atoms with E-state index in [-0.39, 0.29) is 17.3 Å². The van der Waals surface area contributed by atoms with Gasteiger partial charge in [-0.15, -0.1) is 11.3 Å². The summed E-state index contributed by atoms with van der Waals surface area (Å²) in [4.78, 5) is 24.8. The summed E-state index contributed by atoms with van der Waals surface area (Å²) in [5, 5.41) is 18.4. The number of thiophene rings is 1. The van der Waals surface area contributed by atoms with Gasteiger partial charge in [-0.1, -0.05) is 13.0 Å². The average Bonchev–Trinajstić information content (AvgIpc) is 2.98. The molecule has 0 spiro atoms. The summed E-state index contributed by atoms with van der Waals surface area (Å²) in [5.74, 6) is 0.710. The third-order valence-electron chi connectivity index (χ3n) is 5.02. The second-order valence-electron chi connectivity index (χ2n) is 6.80. The fraction of sp³-hybridized carbons (Fsp3) is 0.389. The van der Waals surface area contributed by atoms with Crippen LogP contribution >= 0.6 is 11.3 Å². The lowest BCUT2D eigenvalue weighted by Crippen LogP contribution is -2.38. The third-order valence-corrected chi connectivity index (χ3v) is 6.21. The van der Waals surface area contributed by atoms with Crippen molar-refractivity contribution in [3.05, 3.63) is 49.9 Å². The van der Waals surface area contributed by atoms with E-state index in [1.54, 1.807) is 23.5 Å². The summed E-state index contributed by atoms with van der Waals surface area (Å²) in [6, 6.07) is 4.72. The first kappa shape index (κ1) is 16.8. The number of amides is 1. The molecular formula is C18H19N3O4S. The standard InChI is InChI=1S/C18H19N3O4S/c1-9-3-5-11-14(7-9)26-18-15(11)17(22)19-16(20-18)10-4-6-13(25-2)12(8-10)21(23)24/h4,6,8-9,16,20H,3,5,7H2,1-2H3,(H,19,22). The first-order chi connectivity index (χ1) is 12.5. The smallest absolute Gasteiger partial charge is 0.311 e. The van der Waals surface area contributed by atoms with Gasteiger partial charge >= 0.3 is 5.69 Å². The van der Waals surface area contributed by atoms with E-state index >= 15 is 0 Å². The molecule has 1 aromatic heterocycles. The number of nitrogens with one attached hydrogen (secondary N) is 2. The Balaban J connectivity index is 1.69. The van der Waals surface area contributed by atoms with Crippen LogP contribution in [0.15, 0.2) is 18.2 Å². The normalized spacial score (nSPS) is 21.2. The zero-order chi connectivity index (χ0) is 18.4. The highest BCUT2D eigenvalue weighted by atomic mass is 32.1. The molecule has 2 unspecified atom stereocenters. The van der Waals surface area contributed by atoms with Gasteiger partial charge < -0.3 is 15.4 Å². The van der Waals surface area contributed by atoms with Crippen molar-refractivity contribution >= 4 is 27.9 Å². The Morgan fingerprint density at radius 1 is 1.35 bits per heavy atom. The highest BCUT2D eigenvalue weighted by Gasteiger charge is 2.33. The summed E-state index contributed by atoms with van der Waals surface area (Å²) in [6.45, 7) is 2.23. The van der Waals surface area contributed by atoms with Crippen LogP contribution in [0, 0.1) is 16.0 Å². The Kier molecular flexibility index (Phi) is 4.07. The van der Waals surface area contributed by atoms with Crippen LogP contribution in [0.3, 0.4) is 0 Å². The molecule has 1 amide bonds. The molecule has 0 bridgehead atoms. The van der Waals surface area contributed by atoms with E-state index in [0.29, 0.717) is 11.5 Å². The SMILES string of the molecule is COc1ccc(C2NC(=O)c3c(sc4c3CCC(C)C4)N2)cc1[N+](=O)[O-]. The maximum atomic E-state index is 12.7. The van der Waals surface area contributed by atoms with Gasteiger partial charge in [0.25, 0.3) is 5.91 Å². The average molecular weight is 373 g/mol. The van der Waals surface area contributed by atoms with E-state index in [9.17, 15) is 14.9 Å². The number of hydrogen-bond acceptors (Lipinski definition) is 6. The fourth-order valence-electron chi connectivity index (χ4n) is 3.66. The van der Waals surface area contributed by atoms with E-state index in [4.69, 9.17) is 4.74 Å². The molecule has 0 radical (unpaired) electrons. The molecule has 2 atom stereocenters. The van der Waals surface area contributed by atoms with Crippen LogP contribution < -0.4 is 15.4 Å². The number of rotatable bonds is 3. The van der Waals surface area contributed by atoms with Crippen LogP contribution in [0.5, 0.6) is 5.75 Å². The number of ether oxygens (including phenoxy) is 1. The second-order valence-corrected chi connectivity index (χ2v) is 7.90. The summed E-state index contributed by atoms with van der Waals surface area (Å²) in [7, 11) is 1.39. The zero-order valence-corrected chi connectivity index (χ0v) is 15.3. The first-order valence-corrected chi connectivity index (χ1v) is 9.34. The van der Waals surface area contributed by atoms with E-state index in [0.717, 1.165) is 35.4 Å². The molecule has 2 aromatic rings. The molecule has 7 nitrogen and oxygen atoms in total. The second kappa shape index (κ2) is 6.28. The van der Waals surface area contributed by atoms with Crippen molar-refractivity contribution in [2.24, 2.45) is 5.92 Å². The lowest BCUT2D eigenvalue weighted by atomic mass is 9.88. The third kappa shape index (κ3) is 2.70. The Bertz CT molecular complexity index is 908. The minimum Gasteiger partial charge on any atom is -0.490 e.